The number of benzene rings is 2. The lowest BCUT2D eigenvalue weighted by Crippen LogP contribution is -2.48. The average Bonchev–Trinajstić information content (AvgIpc) is 2.60. The van der Waals surface area contributed by atoms with E-state index in [1.165, 1.54) is 6.92 Å². The van der Waals surface area contributed by atoms with Gasteiger partial charge < -0.3 is 5.32 Å². The third-order valence-electron chi connectivity index (χ3n) is 3.10. The molecule has 2 rings (SSSR count). The lowest BCUT2D eigenvalue weighted by atomic mass is 10.2. The van der Waals surface area contributed by atoms with Gasteiger partial charge in [-0.05, 0) is 71.2 Å². The minimum atomic E-state index is -0.440. The van der Waals surface area contributed by atoms with Crippen molar-refractivity contribution < 1.29 is 14.4 Å². The Balaban J connectivity index is 1.86. The van der Waals surface area contributed by atoms with Crippen LogP contribution in [0.4, 0.5) is 5.69 Å². The number of hydrogen-bond acceptors (Lipinski definition) is 4. The van der Waals surface area contributed by atoms with Gasteiger partial charge in [0.2, 0.25) is 5.91 Å². The topological polar surface area (TPSA) is 99.3 Å². The van der Waals surface area contributed by atoms with E-state index in [1.807, 2.05) is 6.07 Å². The van der Waals surface area contributed by atoms with Crippen LogP contribution in [0.3, 0.4) is 0 Å². The molecule has 0 atom stereocenters. The van der Waals surface area contributed by atoms with Gasteiger partial charge in [-0.15, -0.1) is 0 Å². The number of hydrogen-bond donors (Lipinski definition) is 4. The predicted molar refractivity (Wildman–Crippen MR) is 111 cm³/mol. The summed E-state index contributed by atoms with van der Waals surface area (Å²) < 4.78 is 0.786. The Labute approximate surface area is 169 Å². The number of thiocarbonyl (C=S) groups is 1. The number of rotatable bonds is 3. The molecule has 0 spiro atoms. The van der Waals surface area contributed by atoms with Crippen molar-refractivity contribution in [3.8, 4) is 0 Å². The monoisotopic (exact) mass is 482 g/mol. The number of halogens is 1. The first kappa shape index (κ1) is 19.8. The third kappa shape index (κ3) is 5.77. The van der Waals surface area contributed by atoms with E-state index in [0.29, 0.717) is 16.8 Å². The van der Waals surface area contributed by atoms with Gasteiger partial charge in [-0.25, -0.2) is 0 Å². The van der Waals surface area contributed by atoms with Gasteiger partial charge in [-0.1, -0.05) is 12.1 Å². The quantitative estimate of drug-likeness (QED) is 0.306. The highest BCUT2D eigenvalue weighted by molar-refractivity contribution is 14.1. The van der Waals surface area contributed by atoms with E-state index < -0.39 is 5.91 Å². The normalized spacial score (nSPS) is 9.77. The van der Waals surface area contributed by atoms with Crippen molar-refractivity contribution >= 4 is 63.3 Å². The van der Waals surface area contributed by atoms with Crippen LogP contribution in [-0.2, 0) is 4.79 Å². The van der Waals surface area contributed by atoms with Gasteiger partial charge in [0.05, 0.1) is 5.56 Å². The second kappa shape index (κ2) is 9.25. The third-order valence-corrected chi connectivity index (χ3v) is 4.25. The van der Waals surface area contributed by atoms with Crippen LogP contribution in [-0.4, -0.2) is 22.8 Å². The summed E-state index contributed by atoms with van der Waals surface area (Å²) in [5, 5.41) is 5.07. The van der Waals surface area contributed by atoms with E-state index in [-0.39, 0.29) is 16.9 Å². The maximum Gasteiger partial charge on any atom is 0.269 e. The minimum Gasteiger partial charge on any atom is -0.326 e. The number of amides is 3. The fourth-order valence-corrected chi connectivity index (χ4v) is 2.72. The van der Waals surface area contributed by atoms with Gasteiger partial charge in [0.1, 0.15) is 0 Å². The Morgan fingerprint density at radius 2 is 1.58 bits per heavy atom. The number of nitrogens with one attached hydrogen (secondary N) is 4. The molecule has 0 saturated carbocycles. The summed E-state index contributed by atoms with van der Waals surface area (Å²) in [4.78, 5) is 35.2. The molecule has 26 heavy (non-hydrogen) atoms. The van der Waals surface area contributed by atoms with Crippen molar-refractivity contribution in [3.63, 3.8) is 0 Å². The molecule has 0 unspecified atom stereocenters. The molecule has 134 valence electrons. The van der Waals surface area contributed by atoms with Crippen LogP contribution in [0.2, 0.25) is 0 Å². The summed E-state index contributed by atoms with van der Waals surface area (Å²) in [6.45, 7) is 1.40. The molecule has 0 saturated heterocycles. The van der Waals surface area contributed by atoms with Crippen LogP contribution >= 0.6 is 34.8 Å². The standard InChI is InChI=1S/C17H15IN4O3S/c1-10(23)19-12-8-6-11(7-9-12)15(24)21-22-17(26)20-16(25)13-4-2-3-5-14(13)18/h2-9H,1H3,(H,19,23)(H,21,24)(H2,20,22,25,26). The Morgan fingerprint density at radius 3 is 2.19 bits per heavy atom. The number of carbonyl (C=O) groups excluding carboxylic acids is 3. The molecule has 0 aliphatic carbocycles. The second-order valence-electron chi connectivity index (χ2n) is 5.10. The van der Waals surface area contributed by atoms with Crippen molar-refractivity contribution in [1.82, 2.24) is 16.2 Å². The van der Waals surface area contributed by atoms with Gasteiger partial charge in [0.25, 0.3) is 11.8 Å². The van der Waals surface area contributed by atoms with E-state index in [9.17, 15) is 14.4 Å². The van der Waals surface area contributed by atoms with Gasteiger partial charge in [0.15, 0.2) is 5.11 Å². The first-order valence-electron chi connectivity index (χ1n) is 7.40. The number of hydrazine groups is 1. The zero-order chi connectivity index (χ0) is 19.1. The molecular formula is C17H15IN4O3S. The summed E-state index contributed by atoms with van der Waals surface area (Å²) in [7, 11) is 0. The number of carbonyl (C=O) groups is 3. The maximum atomic E-state index is 12.1. The summed E-state index contributed by atoms with van der Waals surface area (Å²) in [6.07, 6.45) is 0. The summed E-state index contributed by atoms with van der Waals surface area (Å²) in [5.74, 6) is -1.01. The molecule has 0 aliphatic heterocycles. The molecular weight excluding hydrogens is 467 g/mol. The zero-order valence-corrected chi connectivity index (χ0v) is 16.6. The molecule has 0 aromatic heterocycles. The van der Waals surface area contributed by atoms with Gasteiger partial charge in [-0.2, -0.15) is 0 Å². The van der Waals surface area contributed by atoms with Crippen LogP contribution in [0.5, 0.6) is 0 Å². The summed E-state index contributed by atoms with van der Waals surface area (Å²) in [6, 6.07) is 13.4. The van der Waals surface area contributed by atoms with Crippen molar-refractivity contribution in [2.45, 2.75) is 6.92 Å². The molecule has 3 amide bonds. The average molecular weight is 482 g/mol. The van der Waals surface area contributed by atoms with Gasteiger partial charge in [0, 0.05) is 21.7 Å². The van der Waals surface area contributed by atoms with Crippen molar-refractivity contribution in [1.29, 1.82) is 0 Å². The van der Waals surface area contributed by atoms with Crippen LogP contribution in [0.1, 0.15) is 27.6 Å². The van der Waals surface area contributed by atoms with E-state index >= 15 is 0 Å². The fraction of sp³-hybridized carbons (Fsp3) is 0.0588. The maximum absolute atomic E-state index is 12.1. The largest absolute Gasteiger partial charge is 0.326 e. The molecule has 0 bridgehead atoms. The number of anilines is 1. The van der Waals surface area contributed by atoms with Crippen molar-refractivity contribution in [3.05, 3.63) is 63.2 Å². The Morgan fingerprint density at radius 1 is 0.923 bits per heavy atom. The molecule has 2 aromatic carbocycles. The summed E-state index contributed by atoms with van der Waals surface area (Å²) >= 11 is 7.05. The van der Waals surface area contributed by atoms with E-state index in [2.05, 4.69) is 44.1 Å². The Hall–Kier alpha value is -2.53. The molecule has 0 heterocycles. The molecule has 0 fully saturated rings. The van der Waals surface area contributed by atoms with E-state index in [4.69, 9.17) is 12.2 Å². The molecule has 0 radical (unpaired) electrons. The smallest absolute Gasteiger partial charge is 0.269 e. The lowest BCUT2D eigenvalue weighted by molar-refractivity contribution is -0.114. The highest BCUT2D eigenvalue weighted by Crippen LogP contribution is 2.11. The summed E-state index contributed by atoms with van der Waals surface area (Å²) in [5.41, 5.74) is 6.30. The highest BCUT2D eigenvalue weighted by Gasteiger charge is 2.11. The van der Waals surface area contributed by atoms with Crippen LogP contribution < -0.4 is 21.5 Å². The first-order valence-corrected chi connectivity index (χ1v) is 8.89. The zero-order valence-electron chi connectivity index (χ0n) is 13.6. The highest BCUT2D eigenvalue weighted by atomic mass is 127. The lowest BCUT2D eigenvalue weighted by Gasteiger charge is -2.11. The van der Waals surface area contributed by atoms with Gasteiger partial charge >= 0.3 is 0 Å². The van der Waals surface area contributed by atoms with Gasteiger partial charge in [-0.3, -0.25) is 30.6 Å². The van der Waals surface area contributed by atoms with Crippen molar-refractivity contribution in [2.24, 2.45) is 0 Å². The van der Waals surface area contributed by atoms with E-state index in [1.54, 1.807) is 42.5 Å². The molecule has 0 aliphatic rings. The molecule has 9 heteroatoms. The second-order valence-corrected chi connectivity index (χ2v) is 6.67. The van der Waals surface area contributed by atoms with Crippen LogP contribution in [0, 0.1) is 3.57 Å². The minimum absolute atomic E-state index is 0.0298. The van der Waals surface area contributed by atoms with E-state index in [0.717, 1.165) is 3.57 Å². The predicted octanol–water partition coefficient (Wildman–Crippen LogP) is 2.20. The Bertz CT molecular complexity index is 855. The van der Waals surface area contributed by atoms with Crippen molar-refractivity contribution in [2.75, 3.05) is 5.32 Å². The molecule has 2 aromatic rings. The Kier molecular flexibility index (Phi) is 7.04. The van der Waals surface area contributed by atoms with Crippen LogP contribution in [0.15, 0.2) is 48.5 Å². The van der Waals surface area contributed by atoms with Crippen LogP contribution in [0.25, 0.3) is 0 Å². The fourth-order valence-electron chi connectivity index (χ4n) is 1.94. The first-order chi connectivity index (χ1) is 12.4. The SMILES string of the molecule is CC(=O)Nc1ccc(C(=O)NNC(=S)NC(=O)c2ccccc2I)cc1. The molecule has 7 nitrogen and oxygen atoms in total. The molecule has 4 N–H and O–H groups in total.